The van der Waals surface area contributed by atoms with Crippen LogP contribution in [0, 0.1) is 0 Å². The van der Waals surface area contributed by atoms with Crippen LogP contribution in [0.2, 0.25) is 5.15 Å². The van der Waals surface area contributed by atoms with Gasteiger partial charge in [-0.2, -0.15) is 0 Å². The number of aromatic nitrogens is 1. The van der Waals surface area contributed by atoms with E-state index in [9.17, 15) is 13.2 Å². The number of halogens is 1. The fourth-order valence-corrected chi connectivity index (χ4v) is 3.99. The normalized spacial score (nSPS) is 11.3. The minimum atomic E-state index is -3.35. The first-order valence-electron chi connectivity index (χ1n) is 8.35. The van der Waals surface area contributed by atoms with E-state index in [4.69, 9.17) is 11.6 Å². The Hall–Kier alpha value is -2.64. The number of sulfonamides is 1. The highest BCUT2D eigenvalue weighted by Gasteiger charge is 2.13. The predicted molar refractivity (Wildman–Crippen MR) is 109 cm³/mol. The van der Waals surface area contributed by atoms with Crippen LogP contribution in [0.25, 0.3) is 10.9 Å². The van der Waals surface area contributed by atoms with E-state index in [0.29, 0.717) is 34.3 Å². The first-order valence-corrected chi connectivity index (χ1v) is 10.4. The second-order valence-electron chi connectivity index (χ2n) is 5.96. The zero-order chi connectivity index (χ0) is 19.4. The average molecular weight is 404 g/mol. The van der Waals surface area contributed by atoms with Crippen molar-refractivity contribution in [3.8, 4) is 0 Å². The molecule has 0 unspecified atom stereocenters. The first-order chi connectivity index (χ1) is 12.9. The van der Waals surface area contributed by atoms with Crippen LogP contribution < -0.4 is 10.0 Å². The molecular formula is C19H18ClN3O3S. The van der Waals surface area contributed by atoms with Gasteiger partial charge in [0.2, 0.25) is 10.0 Å². The van der Waals surface area contributed by atoms with Crippen LogP contribution in [0.3, 0.4) is 0 Å². The standard InChI is InChI=1S/C19H18ClN3O3S/c1-2-11-27(25,26)23-14-9-7-13(8-10-14)21-19(24)16-12-18(20)22-17-6-4-3-5-15(16)17/h3-10,12,23H,2,11H2,1H3,(H,21,24). The van der Waals surface area contributed by atoms with E-state index in [1.54, 1.807) is 43.3 Å². The number of hydrogen-bond acceptors (Lipinski definition) is 4. The highest BCUT2D eigenvalue weighted by Crippen LogP contribution is 2.22. The highest BCUT2D eigenvalue weighted by molar-refractivity contribution is 7.92. The monoisotopic (exact) mass is 403 g/mol. The second-order valence-corrected chi connectivity index (χ2v) is 8.19. The average Bonchev–Trinajstić information content (AvgIpc) is 2.62. The van der Waals surface area contributed by atoms with Crippen molar-refractivity contribution in [1.82, 2.24) is 4.98 Å². The molecular weight excluding hydrogens is 386 g/mol. The summed E-state index contributed by atoms with van der Waals surface area (Å²) >= 11 is 6.02. The number of carbonyl (C=O) groups is 1. The van der Waals surface area contributed by atoms with Crippen LogP contribution in [0.4, 0.5) is 11.4 Å². The van der Waals surface area contributed by atoms with E-state index in [1.165, 1.54) is 6.07 Å². The third-order valence-electron chi connectivity index (χ3n) is 3.82. The zero-order valence-electron chi connectivity index (χ0n) is 14.6. The van der Waals surface area contributed by atoms with Gasteiger partial charge in [-0.05, 0) is 42.8 Å². The Bertz CT molecular complexity index is 1080. The molecule has 0 radical (unpaired) electrons. The summed E-state index contributed by atoms with van der Waals surface area (Å²) in [4.78, 5) is 16.9. The molecule has 1 amide bonds. The summed E-state index contributed by atoms with van der Waals surface area (Å²) in [6.45, 7) is 1.80. The lowest BCUT2D eigenvalue weighted by molar-refractivity contribution is 0.102. The van der Waals surface area contributed by atoms with Gasteiger partial charge in [-0.25, -0.2) is 13.4 Å². The summed E-state index contributed by atoms with van der Waals surface area (Å²) in [5.74, 6) is -0.267. The van der Waals surface area contributed by atoms with Crippen LogP contribution in [-0.4, -0.2) is 25.1 Å². The maximum atomic E-state index is 12.7. The van der Waals surface area contributed by atoms with Crippen molar-refractivity contribution < 1.29 is 13.2 Å². The van der Waals surface area contributed by atoms with Crippen molar-refractivity contribution in [1.29, 1.82) is 0 Å². The molecule has 3 rings (SSSR count). The number of para-hydroxylation sites is 1. The third kappa shape index (κ3) is 4.75. The molecule has 0 atom stereocenters. The van der Waals surface area contributed by atoms with Crippen LogP contribution in [0.15, 0.2) is 54.6 Å². The fraction of sp³-hybridized carbons (Fsp3) is 0.158. The van der Waals surface area contributed by atoms with Gasteiger partial charge in [0.25, 0.3) is 5.91 Å². The number of anilines is 2. The Labute approximate surface area is 162 Å². The summed E-state index contributed by atoms with van der Waals surface area (Å²) in [7, 11) is -3.35. The number of nitrogens with one attached hydrogen (secondary N) is 2. The Morgan fingerprint density at radius 3 is 2.44 bits per heavy atom. The summed E-state index contributed by atoms with van der Waals surface area (Å²) in [5, 5.41) is 3.72. The van der Waals surface area contributed by atoms with Crippen LogP contribution >= 0.6 is 11.6 Å². The van der Waals surface area contributed by atoms with Crippen molar-refractivity contribution in [2.24, 2.45) is 0 Å². The fourth-order valence-electron chi connectivity index (χ4n) is 2.65. The van der Waals surface area contributed by atoms with E-state index in [2.05, 4.69) is 15.0 Å². The Morgan fingerprint density at radius 2 is 1.74 bits per heavy atom. The third-order valence-corrected chi connectivity index (χ3v) is 5.50. The molecule has 3 aromatic rings. The molecule has 0 saturated heterocycles. The number of nitrogens with zero attached hydrogens (tertiary/aromatic N) is 1. The van der Waals surface area contributed by atoms with Gasteiger partial charge in [0, 0.05) is 16.8 Å². The molecule has 2 aromatic carbocycles. The van der Waals surface area contributed by atoms with E-state index < -0.39 is 10.0 Å². The molecule has 140 valence electrons. The number of benzene rings is 2. The molecule has 0 aliphatic heterocycles. The van der Waals surface area contributed by atoms with Crippen molar-refractivity contribution in [2.45, 2.75) is 13.3 Å². The van der Waals surface area contributed by atoms with Gasteiger partial charge in [-0.15, -0.1) is 0 Å². The second kappa shape index (κ2) is 7.94. The smallest absolute Gasteiger partial charge is 0.256 e. The van der Waals surface area contributed by atoms with Crippen molar-refractivity contribution >= 4 is 49.8 Å². The van der Waals surface area contributed by atoms with Gasteiger partial charge in [0.1, 0.15) is 5.15 Å². The molecule has 0 bridgehead atoms. The number of carbonyl (C=O) groups excluding carboxylic acids is 1. The number of rotatable bonds is 6. The summed E-state index contributed by atoms with van der Waals surface area (Å²) in [5.41, 5.74) is 2.03. The molecule has 0 saturated carbocycles. The summed E-state index contributed by atoms with van der Waals surface area (Å²) < 4.78 is 26.1. The van der Waals surface area contributed by atoms with Gasteiger partial charge in [0.15, 0.2) is 0 Å². The molecule has 0 aliphatic rings. The van der Waals surface area contributed by atoms with Crippen LogP contribution in [0.1, 0.15) is 23.7 Å². The lowest BCUT2D eigenvalue weighted by Crippen LogP contribution is -2.16. The summed E-state index contributed by atoms with van der Waals surface area (Å²) in [6, 6.07) is 15.2. The summed E-state index contributed by atoms with van der Waals surface area (Å²) in [6.07, 6.45) is 0.534. The molecule has 6 nitrogen and oxygen atoms in total. The molecule has 2 N–H and O–H groups in total. The minimum Gasteiger partial charge on any atom is -0.322 e. The van der Waals surface area contributed by atoms with Gasteiger partial charge in [-0.3, -0.25) is 9.52 Å². The molecule has 0 fully saturated rings. The van der Waals surface area contributed by atoms with Gasteiger partial charge in [0.05, 0.1) is 16.8 Å². The molecule has 27 heavy (non-hydrogen) atoms. The van der Waals surface area contributed by atoms with Crippen molar-refractivity contribution in [3.63, 3.8) is 0 Å². The SMILES string of the molecule is CCCS(=O)(=O)Nc1ccc(NC(=O)c2cc(Cl)nc3ccccc23)cc1. The van der Waals surface area contributed by atoms with Crippen LogP contribution in [0.5, 0.6) is 0 Å². The first kappa shape index (κ1) is 19.1. The molecule has 8 heteroatoms. The molecule has 1 aromatic heterocycles. The van der Waals surface area contributed by atoms with Gasteiger partial charge < -0.3 is 5.32 Å². The Morgan fingerprint density at radius 1 is 1.07 bits per heavy atom. The largest absolute Gasteiger partial charge is 0.322 e. The lowest BCUT2D eigenvalue weighted by atomic mass is 10.1. The van der Waals surface area contributed by atoms with E-state index >= 15 is 0 Å². The van der Waals surface area contributed by atoms with E-state index in [1.807, 2.05) is 12.1 Å². The van der Waals surface area contributed by atoms with Crippen molar-refractivity contribution in [3.05, 3.63) is 65.3 Å². The van der Waals surface area contributed by atoms with Crippen molar-refractivity contribution in [2.75, 3.05) is 15.8 Å². The number of hydrogen-bond donors (Lipinski definition) is 2. The minimum absolute atomic E-state index is 0.0569. The maximum absolute atomic E-state index is 12.7. The topological polar surface area (TPSA) is 88.2 Å². The van der Waals surface area contributed by atoms with Gasteiger partial charge in [-0.1, -0.05) is 36.7 Å². The molecule has 1 heterocycles. The van der Waals surface area contributed by atoms with E-state index in [0.717, 1.165) is 0 Å². The zero-order valence-corrected chi connectivity index (χ0v) is 16.1. The quantitative estimate of drug-likeness (QED) is 0.601. The molecule has 0 spiro atoms. The number of fused-ring (bicyclic) bond motifs is 1. The maximum Gasteiger partial charge on any atom is 0.256 e. The van der Waals surface area contributed by atoms with E-state index in [-0.39, 0.29) is 16.8 Å². The van der Waals surface area contributed by atoms with Gasteiger partial charge >= 0.3 is 0 Å². The Kier molecular flexibility index (Phi) is 5.62. The molecule has 0 aliphatic carbocycles. The lowest BCUT2D eigenvalue weighted by Gasteiger charge is -2.10. The highest BCUT2D eigenvalue weighted by atomic mass is 35.5. The number of amides is 1. The Balaban J connectivity index is 1.79. The number of pyridine rings is 1. The predicted octanol–water partition coefficient (Wildman–Crippen LogP) is 4.29. The van der Waals surface area contributed by atoms with Crippen LogP contribution in [-0.2, 0) is 10.0 Å².